The molecule has 15 rings (SSSR count). The van der Waals surface area contributed by atoms with Crippen LogP contribution in [0.1, 0.15) is 0 Å². The Kier molecular flexibility index (Phi) is 9.40. The van der Waals surface area contributed by atoms with Gasteiger partial charge in [-0.05, 0) is 189 Å². The van der Waals surface area contributed by atoms with Gasteiger partial charge in [-0.3, -0.25) is 0 Å². The molecule has 0 N–H and O–H groups in total. The predicted octanol–water partition coefficient (Wildman–Crippen LogP) is 17.0. The van der Waals surface area contributed by atoms with E-state index in [1.54, 1.807) is 0 Å². The maximum absolute atomic E-state index is 2.54. The third-order valence-corrected chi connectivity index (χ3v) is 15.5. The second kappa shape index (κ2) is 16.6. The van der Waals surface area contributed by atoms with Crippen molar-refractivity contribution in [3.8, 4) is 44.5 Å². The Labute approximate surface area is 425 Å². The summed E-state index contributed by atoms with van der Waals surface area (Å²) in [6, 6.07) is 102. The molecule has 0 radical (unpaired) electrons. The number of benzene rings is 13. The van der Waals surface area contributed by atoms with Crippen molar-refractivity contribution in [2.45, 2.75) is 0 Å². The van der Waals surface area contributed by atoms with Crippen molar-refractivity contribution in [3.05, 3.63) is 273 Å². The number of hydrogen-bond donors (Lipinski definition) is 0. The van der Waals surface area contributed by atoms with E-state index < -0.39 is 0 Å². The average molecular weight is 925 g/mol. The summed E-state index contributed by atoms with van der Waals surface area (Å²) in [4.78, 5) is 5.08. The van der Waals surface area contributed by atoms with Gasteiger partial charge in [-0.1, -0.05) is 188 Å². The van der Waals surface area contributed by atoms with Gasteiger partial charge in [-0.25, -0.2) is 0 Å². The average Bonchev–Trinajstić information content (AvgIpc) is 3.46. The van der Waals surface area contributed by atoms with E-state index in [0.29, 0.717) is 0 Å². The zero-order chi connectivity index (χ0) is 48.0. The third-order valence-electron chi connectivity index (χ3n) is 15.5. The molecular weight excluding hydrogens is 880 g/mol. The van der Waals surface area contributed by atoms with Gasteiger partial charge >= 0.3 is 0 Å². The summed E-state index contributed by atoms with van der Waals surface area (Å²) in [5.41, 5.74) is 20.3. The largest absolute Gasteiger partial charge is 0.311 e. The minimum absolute atomic E-state index is 0.0124. The van der Waals surface area contributed by atoms with Crippen LogP contribution in [0.3, 0.4) is 0 Å². The quantitative estimate of drug-likeness (QED) is 0.153. The molecule has 0 fully saturated rings. The van der Waals surface area contributed by atoms with Crippen molar-refractivity contribution in [1.82, 2.24) is 0 Å². The van der Waals surface area contributed by atoms with E-state index in [1.165, 1.54) is 127 Å². The molecule has 3 heteroatoms. The van der Waals surface area contributed by atoms with E-state index in [1.807, 2.05) is 0 Å². The second-order valence-electron chi connectivity index (χ2n) is 19.7. The molecule has 0 unspecified atom stereocenters. The van der Waals surface area contributed by atoms with Crippen LogP contribution in [0, 0.1) is 0 Å². The van der Waals surface area contributed by atoms with Crippen LogP contribution in [0.2, 0.25) is 0 Å². The van der Waals surface area contributed by atoms with Crippen molar-refractivity contribution >= 4 is 100 Å². The highest BCUT2D eigenvalue weighted by atomic mass is 15.2. The highest BCUT2D eigenvalue weighted by Gasteiger charge is 2.43. The van der Waals surface area contributed by atoms with Gasteiger partial charge in [0.1, 0.15) is 0 Å². The van der Waals surface area contributed by atoms with Crippen LogP contribution in [0.5, 0.6) is 0 Å². The van der Waals surface area contributed by atoms with Crippen LogP contribution in [0.15, 0.2) is 273 Å². The SMILES string of the molecule is c1ccc2c(c1)B1c3ccccc3N(c3cc(-c4ccc5ccccc5c4)cc(-c4ccc5ccccc5c4)c3)c3cccc(c31)N2c1cc(-c2ccc3ccccc3c2)cc(-c2ccc3ccccc3c2)c1. The minimum Gasteiger partial charge on any atom is -0.311 e. The van der Waals surface area contributed by atoms with Crippen molar-refractivity contribution < 1.29 is 0 Å². The summed E-state index contributed by atoms with van der Waals surface area (Å²) >= 11 is 0. The summed E-state index contributed by atoms with van der Waals surface area (Å²) in [7, 11) is 0. The molecular formula is C70H45BN2. The summed E-state index contributed by atoms with van der Waals surface area (Å²) in [5, 5.41) is 9.87. The molecule has 73 heavy (non-hydrogen) atoms. The number of anilines is 6. The topological polar surface area (TPSA) is 6.48 Å². The molecule has 2 heterocycles. The molecule has 338 valence electrons. The van der Waals surface area contributed by atoms with Gasteiger partial charge in [-0.2, -0.15) is 0 Å². The maximum atomic E-state index is 2.54. The summed E-state index contributed by atoms with van der Waals surface area (Å²) in [5.74, 6) is 0. The fraction of sp³-hybridized carbons (Fsp3) is 0. The van der Waals surface area contributed by atoms with E-state index in [-0.39, 0.29) is 6.71 Å². The van der Waals surface area contributed by atoms with Crippen LogP contribution < -0.4 is 26.2 Å². The minimum atomic E-state index is 0.0124. The highest BCUT2D eigenvalue weighted by Crippen LogP contribution is 2.47. The van der Waals surface area contributed by atoms with E-state index in [9.17, 15) is 0 Å². The molecule has 13 aromatic carbocycles. The Bertz CT molecular complexity index is 3910. The first kappa shape index (κ1) is 41.4. The van der Waals surface area contributed by atoms with Crippen molar-refractivity contribution in [3.63, 3.8) is 0 Å². The number of nitrogens with zero attached hydrogens (tertiary/aromatic N) is 2. The Morgan fingerprint density at radius 1 is 0.205 bits per heavy atom. The molecule has 2 aliphatic heterocycles. The van der Waals surface area contributed by atoms with Crippen LogP contribution >= 0.6 is 0 Å². The predicted molar refractivity (Wildman–Crippen MR) is 312 cm³/mol. The fourth-order valence-corrected chi connectivity index (χ4v) is 12.0. The van der Waals surface area contributed by atoms with Gasteiger partial charge in [0.2, 0.25) is 0 Å². The molecule has 0 amide bonds. The lowest BCUT2D eigenvalue weighted by Crippen LogP contribution is -2.61. The Balaban J connectivity index is 0.961. The van der Waals surface area contributed by atoms with E-state index in [0.717, 1.165) is 11.4 Å². The second-order valence-corrected chi connectivity index (χ2v) is 19.7. The van der Waals surface area contributed by atoms with E-state index in [4.69, 9.17) is 0 Å². The number of rotatable bonds is 6. The lowest BCUT2D eigenvalue weighted by Gasteiger charge is -2.44. The lowest BCUT2D eigenvalue weighted by atomic mass is 9.33. The molecule has 2 nitrogen and oxygen atoms in total. The smallest absolute Gasteiger partial charge is 0.252 e. The van der Waals surface area contributed by atoms with Gasteiger partial charge < -0.3 is 9.80 Å². The van der Waals surface area contributed by atoms with E-state index >= 15 is 0 Å². The molecule has 0 spiro atoms. The zero-order valence-corrected chi connectivity index (χ0v) is 40.0. The molecule has 0 aliphatic carbocycles. The molecule has 0 aromatic heterocycles. The molecule has 0 saturated carbocycles. The fourth-order valence-electron chi connectivity index (χ4n) is 12.0. The Morgan fingerprint density at radius 3 is 0.836 bits per heavy atom. The molecule has 0 atom stereocenters. The first-order valence-corrected chi connectivity index (χ1v) is 25.3. The normalized spacial score (nSPS) is 12.6. The lowest BCUT2D eigenvalue weighted by molar-refractivity contribution is 1.25. The van der Waals surface area contributed by atoms with Crippen molar-refractivity contribution in [1.29, 1.82) is 0 Å². The summed E-state index contributed by atoms with van der Waals surface area (Å²) in [6.07, 6.45) is 0. The summed E-state index contributed by atoms with van der Waals surface area (Å²) in [6.45, 7) is 0.0124. The monoisotopic (exact) mass is 924 g/mol. The van der Waals surface area contributed by atoms with Crippen LogP contribution in [-0.4, -0.2) is 6.71 Å². The molecule has 0 bridgehead atoms. The maximum Gasteiger partial charge on any atom is 0.252 e. The first-order chi connectivity index (χ1) is 36.1. The molecule has 0 saturated heterocycles. The van der Waals surface area contributed by atoms with E-state index in [2.05, 4.69) is 283 Å². The van der Waals surface area contributed by atoms with Gasteiger partial charge in [0.15, 0.2) is 0 Å². The Morgan fingerprint density at radius 2 is 0.493 bits per heavy atom. The van der Waals surface area contributed by atoms with Gasteiger partial charge in [0.25, 0.3) is 6.71 Å². The summed E-state index contributed by atoms with van der Waals surface area (Å²) < 4.78 is 0. The standard InChI is InChI=1S/C70H45BN2/c1-5-18-50-36-54(32-28-46(50)14-1)58-40-59(55-33-29-47-15-2-6-19-51(47)37-55)43-62(42-58)72-66-24-11-9-22-64(66)71-65-23-10-12-25-67(65)73(69-27-13-26-68(72)70(69)71)63-44-60(56-34-30-48-16-3-7-20-52(48)38-56)41-61(45-63)57-35-31-49-17-4-8-21-53(49)39-57/h1-45H. The van der Waals surface area contributed by atoms with Gasteiger partial charge in [-0.15, -0.1) is 0 Å². The van der Waals surface area contributed by atoms with Crippen molar-refractivity contribution in [2.75, 3.05) is 9.80 Å². The van der Waals surface area contributed by atoms with Gasteiger partial charge in [0, 0.05) is 34.1 Å². The molecule has 2 aliphatic rings. The number of para-hydroxylation sites is 2. The number of hydrogen-bond acceptors (Lipinski definition) is 2. The zero-order valence-electron chi connectivity index (χ0n) is 40.0. The third kappa shape index (κ3) is 6.89. The van der Waals surface area contributed by atoms with Crippen LogP contribution in [0.25, 0.3) is 87.6 Å². The Hall–Kier alpha value is -9.44. The van der Waals surface area contributed by atoms with Crippen molar-refractivity contribution in [2.24, 2.45) is 0 Å². The van der Waals surface area contributed by atoms with Crippen LogP contribution in [0.4, 0.5) is 34.1 Å². The van der Waals surface area contributed by atoms with Crippen LogP contribution in [-0.2, 0) is 0 Å². The number of fused-ring (bicyclic) bond motifs is 8. The highest BCUT2D eigenvalue weighted by molar-refractivity contribution is 7.00. The first-order valence-electron chi connectivity index (χ1n) is 25.3. The molecule has 13 aromatic rings. The van der Waals surface area contributed by atoms with Gasteiger partial charge in [0.05, 0.1) is 0 Å².